The zero-order chi connectivity index (χ0) is 31.7. The molecule has 0 aliphatic rings. The van der Waals surface area contributed by atoms with Crippen molar-refractivity contribution in [2.24, 2.45) is 0 Å². The second-order valence-electron chi connectivity index (χ2n) is 11.6. The summed E-state index contributed by atoms with van der Waals surface area (Å²) in [7, 11) is 0. The van der Waals surface area contributed by atoms with E-state index in [2.05, 4.69) is 84.5 Å². The van der Waals surface area contributed by atoms with Crippen LogP contribution in [0.25, 0.3) is 73.1 Å². The van der Waals surface area contributed by atoms with E-state index in [1.54, 1.807) is 17.2 Å². The highest BCUT2D eigenvalue weighted by Crippen LogP contribution is 2.34. The van der Waals surface area contributed by atoms with E-state index in [0.29, 0.717) is 0 Å². The molecule has 5 heterocycles. The molecule has 0 spiro atoms. The van der Waals surface area contributed by atoms with Crippen molar-refractivity contribution in [2.45, 2.75) is 13.8 Å². The van der Waals surface area contributed by atoms with E-state index in [9.17, 15) is 0 Å². The van der Waals surface area contributed by atoms with Crippen LogP contribution in [-0.2, 0) is 0 Å². The Bertz CT molecular complexity index is 2350. The summed E-state index contributed by atoms with van der Waals surface area (Å²) in [6, 6.07) is 42.8. The SMILES string of the molecule is Cc1cc(-c2cc(-c3cc(C)cc(-c4ccccn4)n3)c3nn(-c4ccc(-c5ccccc5)cc4)nc3c2)nc(-c2ccccn2)c1. The van der Waals surface area contributed by atoms with Gasteiger partial charge in [0.15, 0.2) is 0 Å². The van der Waals surface area contributed by atoms with Crippen LogP contribution in [0.1, 0.15) is 11.1 Å². The number of rotatable bonds is 6. The summed E-state index contributed by atoms with van der Waals surface area (Å²) in [5.41, 5.74) is 13.5. The molecule has 3 aromatic carbocycles. The maximum Gasteiger partial charge on any atom is 0.123 e. The van der Waals surface area contributed by atoms with Gasteiger partial charge in [0.05, 0.1) is 39.9 Å². The number of nitrogens with zero attached hydrogens (tertiary/aromatic N) is 7. The van der Waals surface area contributed by atoms with Crippen LogP contribution in [0.2, 0.25) is 0 Å². The molecular formula is C40H29N7. The standard InChI is InChI=1S/C40H29N7/c1-26-20-35(43-37(22-26)33-12-6-8-18-41-33)30-24-32(36-21-27(2)23-38(44-36)34-13-7-9-19-42-34)40-39(25-30)45-47(46-40)31-16-14-29(15-17-31)28-10-4-3-5-11-28/h3-25H,1-2H3. The van der Waals surface area contributed by atoms with E-state index in [1.807, 2.05) is 66.7 Å². The third kappa shape index (κ3) is 5.66. The van der Waals surface area contributed by atoms with E-state index >= 15 is 0 Å². The molecule has 0 radical (unpaired) electrons. The zero-order valence-corrected chi connectivity index (χ0v) is 25.9. The Morgan fingerprint density at radius 1 is 0.447 bits per heavy atom. The molecule has 0 aliphatic heterocycles. The number of aryl methyl sites for hydroxylation is 2. The minimum atomic E-state index is 0.745. The maximum absolute atomic E-state index is 5.10. The van der Waals surface area contributed by atoms with Crippen LogP contribution in [0.3, 0.4) is 0 Å². The van der Waals surface area contributed by atoms with Crippen molar-refractivity contribution in [1.29, 1.82) is 0 Å². The molecule has 8 rings (SSSR count). The fraction of sp³-hybridized carbons (Fsp3) is 0.0500. The number of aromatic nitrogens is 7. The van der Waals surface area contributed by atoms with Crippen molar-refractivity contribution in [3.63, 3.8) is 0 Å². The molecule has 0 atom stereocenters. The first kappa shape index (κ1) is 28.2. The third-order valence-corrected chi connectivity index (χ3v) is 8.06. The van der Waals surface area contributed by atoms with E-state index in [0.717, 1.165) is 84.3 Å². The molecule has 0 unspecified atom stereocenters. The lowest BCUT2D eigenvalue weighted by molar-refractivity contribution is 0.766. The highest BCUT2D eigenvalue weighted by atomic mass is 15.5. The first-order valence-electron chi connectivity index (χ1n) is 15.5. The minimum Gasteiger partial charge on any atom is -0.255 e. The van der Waals surface area contributed by atoms with Gasteiger partial charge in [0.25, 0.3) is 0 Å². The molecule has 0 aliphatic carbocycles. The Morgan fingerprint density at radius 3 is 1.66 bits per heavy atom. The summed E-state index contributed by atoms with van der Waals surface area (Å²) < 4.78 is 0. The lowest BCUT2D eigenvalue weighted by atomic mass is 10.00. The van der Waals surface area contributed by atoms with Crippen molar-refractivity contribution < 1.29 is 0 Å². The van der Waals surface area contributed by atoms with Crippen molar-refractivity contribution >= 4 is 11.0 Å². The average molecular weight is 608 g/mol. The second kappa shape index (κ2) is 11.9. The largest absolute Gasteiger partial charge is 0.255 e. The topological polar surface area (TPSA) is 82.3 Å². The molecular weight excluding hydrogens is 578 g/mol. The molecule has 8 aromatic rings. The van der Waals surface area contributed by atoms with Gasteiger partial charge >= 0.3 is 0 Å². The van der Waals surface area contributed by atoms with Gasteiger partial charge < -0.3 is 0 Å². The van der Waals surface area contributed by atoms with Crippen LogP contribution in [0.4, 0.5) is 0 Å². The van der Waals surface area contributed by atoms with Crippen molar-refractivity contribution in [3.05, 3.63) is 151 Å². The van der Waals surface area contributed by atoms with Crippen LogP contribution in [0.5, 0.6) is 0 Å². The monoisotopic (exact) mass is 607 g/mol. The Labute approximate surface area is 272 Å². The zero-order valence-electron chi connectivity index (χ0n) is 25.9. The van der Waals surface area contributed by atoms with Crippen LogP contribution < -0.4 is 0 Å². The molecule has 0 N–H and O–H groups in total. The molecule has 224 valence electrons. The fourth-order valence-corrected chi connectivity index (χ4v) is 5.81. The van der Waals surface area contributed by atoms with Gasteiger partial charge in [0, 0.05) is 23.5 Å². The Kier molecular flexibility index (Phi) is 7.11. The highest BCUT2D eigenvalue weighted by molar-refractivity contribution is 5.95. The lowest BCUT2D eigenvalue weighted by Crippen LogP contribution is -1.98. The number of hydrogen-bond donors (Lipinski definition) is 0. The number of pyridine rings is 4. The van der Waals surface area contributed by atoms with E-state index < -0.39 is 0 Å². The van der Waals surface area contributed by atoms with E-state index in [-0.39, 0.29) is 0 Å². The van der Waals surface area contributed by atoms with Gasteiger partial charge in [-0.05, 0) is 109 Å². The average Bonchev–Trinajstić information content (AvgIpc) is 3.56. The van der Waals surface area contributed by atoms with Crippen molar-refractivity contribution in [1.82, 2.24) is 34.9 Å². The van der Waals surface area contributed by atoms with Crippen LogP contribution >= 0.6 is 0 Å². The normalized spacial score (nSPS) is 11.2. The molecule has 5 aromatic heterocycles. The van der Waals surface area contributed by atoms with Gasteiger partial charge in [-0.3, -0.25) is 9.97 Å². The minimum absolute atomic E-state index is 0.745. The quantitative estimate of drug-likeness (QED) is 0.188. The smallest absolute Gasteiger partial charge is 0.123 e. The van der Waals surface area contributed by atoms with Crippen LogP contribution in [0.15, 0.2) is 140 Å². The molecule has 0 saturated carbocycles. The van der Waals surface area contributed by atoms with Crippen molar-refractivity contribution in [3.8, 4) is 62.1 Å². The summed E-state index contributed by atoms with van der Waals surface area (Å²) in [6.45, 7) is 4.15. The summed E-state index contributed by atoms with van der Waals surface area (Å²) in [5.74, 6) is 0. The first-order valence-corrected chi connectivity index (χ1v) is 15.5. The Morgan fingerprint density at radius 2 is 1.02 bits per heavy atom. The lowest BCUT2D eigenvalue weighted by Gasteiger charge is -2.11. The molecule has 0 bridgehead atoms. The Hall–Kier alpha value is -6.34. The third-order valence-electron chi connectivity index (χ3n) is 8.06. The highest BCUT2D eigenvalue weighted by Gasteiger charge is 2.18. The molecule has 7 heteroatoms. The molecule has 47 heavy (non-hydrogen) atoms. The summed E-state index contributed by atoms with van der Waals surface area (Å²) >= 11 is 0. The maximum atomic E-state index is 5.10. The number of hydrogen-bond acceptors (Lipinski definition) is 6. The van der Waals surface area contributed by atoms with Gasteiger partial charge in [0.2, 0.25) is 0 Å². The van der Waals surface area contributed by atoms with E-state index in [1.165, 1.54) is 0 Å². The van der Waals surface area contributed by atoms with Gasteiger partial charge in [-0.15, -0.1) is 10.2 Å². The predicted octanol–water partition coefficient (Wildman–Crippen LogP) is 8.95. The Balaban J connectivity index is 1.30. The van der Waals surface area contributed by atoms with E-state index in [4.69, 9.17) is 20.2 Å². The van der Waals surface area contributed by atoms with Gasteiger partial charge in [-0.1, -0.05) is 54.6 Å². The van der Waals surface area contributed by atoms with Crippen LogP contribution in [-0.4, -0.2) is 34.9 Å². The predicted molar refractivity (Wildman–Crippen MR) is 187 cm³/mol. The molecule has 0 amide bonds. The second-order valence-corrected chi connectivity index (χ2v) is 11.6. The molecule has 7 nitrogen and oxygen atoms in total. The number of fused-ring (bicyclic) bond motifs is 1. The summed E-state index contributed by atoms with van der Waals surface area (Å²) in [4.78, 5) is 21.0. The number of benzene rings is 3. The molecule has 0 fully saturated rings. The summed E-state index contributed by atoms with van der Waals surface area (Å²) in [5, 5.41) is 10.0. The van der Waals surface area contributed by atoms with Gasteiger partial charge in [0.1, 0.15) is 11.0 Å². The molecule has 0 saturated heterocycles. The van der Waals surface area contributed by atoms with Gasteiger partial charge in [-0.2, -0.15) is 4.80 Å². The van der Waals surface area contributed by atoms with Crippen LogP contribution in [0, 0.1) is 13.8 Å². The van der Waals surface area contributed by atoms with Crippen molar-refractivity contribution in [2.75, 3.05) is 0 Å². The first-order chi connectivity index (χ1) is 23.1. The fourth-order valence-electron chi connectivity index (χ4n) is 5.81. The summed E-state index contributed by atoms with van der Waals surface area (Å²) in [6.07, 6.45) is 3.57. The van der Waals surface area contributed by atoms with Gasteiger partial charge in [-0.25, -0.2) is 9.97 Å².